The van der Waals surface area contributed by atoms with Crippen LogP contribution in [0.4, 0.5) is 4.39 Å². The number of likely N-dealkylation sites (tertiary alicyclic amines) is 1. The van der Waals surface area contributed by atoms with E-state index in [4.69, 9.17) is 32.7 Å². The molecule has 4 rings (SSSR count). The lowest BCUT2D eigenvalue weighted by molar-refractivity contribution is -0.195. The van der Waals surface area contributed by atoms with E-state index < -0.39 is 17.5 Å². The topological polar surface area (TPSA) is 38.8 Å². The molecule has 4 nitrogen and oxygen atoms in total. The molecule has 178 valence electrons. The lowest BCUT2D eigenvalue weighted by Gasteiger charge is -2.47. The van der Waals surface area contributed by atoms with Crippen LogP contribution in [-0.2, 0) is 33.1 Å². The van der Waals surface area contributed by atoms with Crippen molar-refractivity contribution in [2.45, 2.75) is 38.3 Å². The largest absolute Gasteiger partial charge is 0.368 e. The van der Waals surface area contributed by atoms with Gasteiger partial charge in [0.25, 0.3) is 0 Å². The van der Waals surface area contributed by atoms with Crippen molar-refractivity contribution >= 4 is 29.1 Å². The molecule has 1 amide bonds. The molecule has 3 aromatic rings. The summed E-state index contributed by atoms with van der Waals surface area (Å²) in [6.45, 7) is 2.71. The molecule has 2 atom stereocenters. The maximum atomic E-state index is 14.6. The summed E-state index contributed by atoms with van der Waals surface area (Å²) in [5.74, 6) is -0.555. The van der Waals surface area contributed by atoms with Crippen LogP contribution in [0.15, 0.2) is 72.8 Å². The van der Waals surface area contributed by atoms with Crippen LogP contribution in [0.3, 0.4) is 0 Å². The van der Waals surface area contributed by atoms with Gasteiger partial charge in [0, 0.05) is 30.5 Å². The van der Waals surface area contributed by atoms with Crippen LogP contribution in [0.5, 0.6) is 0 Å². The van der Waals surface area contributed by atoms with E-state index in [-0.39, 0.29) is 17.5 Å². The number of hydrogen-bond acceptors (Lipinski definition) is 3. The highest BCUT2D eigenvalue weighted by molar-refractivity contribution is 6.31. The zero-order chi connectivity index (χ0) is 24.1. The van der Waals surface area contributed by atoms with Crippen LogP contribution in [0.1, 0.15) is 30.0 Å². The number of amides is 1. The van der Waals surface area contributed by atoms with Gasteiger partial charge in [0.2, 0.25) is 5.91 Å². The Hall–Kier alpha value is -2.44. The molecular weight excluding hydrogens is 476 g/mol. The third-order valence-electron chi connectivity index (χ3n) is 6.25. The minimum absolute atomic E-state index is 0.00710. The molecule has 1 saturated heterocycles. The van der Waals surface area contributed by atoms with Gasteiger partial charge in [-0.15, -0.1) is 0 Å². The molecular formula is C27H26Cl2FNO3. The highest BCUT2D eigenvalue weighted by Crippen LogP contribution is 2.40. The average molecular weight is 502 g/mol. The summed E-state index contributed by atoms with van der Waals surface area (Å²) < 4.78 is 27.5. The second-order valence-electron chi connectivity index (χ2n) is 8.40. The second kappa shape index (κ2) is 10.9. The molecule has 7 heteroatoms. The highest BCUT2D eigenvalue weighted by atomic mass is 35.5. The Bertz CT molecular complexity index is 1130. The summed E-state index contributed by atoms with van der Waals surface area (Å²) in [4.78, 5) is 14.0. The van der Waals surface area contributed by atoms with Gasteiger partial charge in [-0.2, -0.15) is 0 Å². The molecule has 0 spiro atoms. The predicted octanol–water partition coefficient (Wildman–Crippen LogP) is 6.38. The SMILES string of the molecule is CC(=O)N1CC[C@@](OCc2ccccc2)(c2ccc(Cl)cc2)[C@@H](OCc2cccc(Cl)c2F)C1. The van der Waals surface area contributed by atoms with Crippen molar-refractivity contribution in [1.29, 1.82) is 0 Å². The second-order valence-corrected chi connectivity index (χ2v) is 9.24. The number of hydrogen-bond donors (Lipinski definition) is 0. The first kappa shape index (κ1) is 24.7. The van der Waals surface area contributed by atoms with E-state index in [1.54, 1.807) is 17.0 Å². The van der Waals surface area contributed by atoms with Gasteiger partial charge in [0.1, 0.15) is 17.5 Å². The van der Waals surface area contributed by atoms with Crippen LogP contribution in [0, 0.1) is 5.82 Å². The van der Waals surface area contributed by atoms with Crippen molar-refractivity contribution in [2.24, 2.45) is 0 Å². The molecule has 0 aliphatic carbocycles. The van der Waals surface area contributed by atoms with Gasteiger partial charge >= 0.3 is 0 Å². The van der Waals surface area contributed by atoms with Crippen molar-refractivity contribution in [3.8, 4) is 0 Å². The third kappa shape index (κ3) is 5.44. The van der Waals surface area contributed by atoms with E-state index in [0.717, 1.165) is 11.1 Å². The van der Waals surface area contributed by atoms with Crippen molar-refractivity contribution in [1.82, 2.24) is 4.90 Å². The van der Waals surface area contributed by atoms with E-state index in [2.05, 4.69) is 0 Å². The van der Waals surface area contributed by atoms with Crippen LogP contribution in [0.2, 0.25) is 10.0 Å². The van der Waals surface area contributed by atoms with Crippen LogP contribution in [-0.4, -0.2) is 30.0 Å². The summed E-state index contributed by atoms with van der Waals surface area (Å²) >= 11 is 12.1. The lowest BCUT2D eigenvalue weighted by atomic mass is 9.81. The molecule has 1 aliphatic heterocycles. The number of rotatable bonds is 7. The number of ether oxygens (including phenoxy) is 2. The first-order chi connectivity index (χ1) is 16.4. The maximum Gasteiger partial charge on any atom is 0.219 e. The Morgan fingerprint density at radius 1 is 1.03 bits per heavy atom. The maximum absolute atomic E-state index is 14.6. The van der Waals surface area contributed by atoms with Crippen LogP contribution >= 0.6 is 23.2 Å². The normalized spacial score (nSPS) is 20.4. The Balaban J connectivity index is 1.69. The lowest BCUT2D eigenvalue weighted by Crippen LogP contribution is -2.56. The van der Waals surface area contributed by atoms with Gasteiger partial charge in [-0.05, 0) is 29.3 Å². The first-order valence-corrected chi connectivity index (χ1v) is 11.9. The zero-order valence-corrected chi connectivity index (χ0v) is 20.4. The number of piperidine rings is 1. The smallest absolute Gasteiger partial charge is 0.219 e. The molecule has 0 unspecified atom stereocenters. The van der Waals surface area contributed by atoms with Gasteiger partial charge in [-0.1, -0.05) is 77.8 Å². The molecule has 0 aromatic heterocycles. The van der Waals surface area contributed by atoms with Gasteiger partial charge in [0.05, 0.1) is 24.8 Å². The number of carbonyl (C=O) groups is 1. The fourth-order valence-electron chi connectivity index (χ4n) is 4.32. The number of halogens is 3. The number of nitrogens with zero attached hydrogens (tertiary/aromatic N) is 1. The summed E-state index contributed by atoms with van der Waals surface area (Å²) in [6.07, 6.45) is -0.0302. The van der Waals surface area contributed by atoms with Crippen molar-refractivity contribution in [3.05, 3.63) is 105 Å². The summed E-state index contributed by atoms with van der Waals surface area (Å²) in [6, 6.07) is 22.2. The Labute approximate surface area is 209 Å². The molecule has 1 heterocycles. The highest BCUT2D eigenvalue weighted by Gasteiger charge is 2.47. The van der Waals surface area contributed by atoms with Gasteiger partial charge in [-0.3, -0.25) is 4.79 Å². The first-order valence-electron chi connectivity index (χ1n) is 11.1. The predicted molar refractivity (Wildman–Crippen MR) is 131 cm³/mol. The van der Waals surface area contributed by atoms with E-state index in [1.165, 1.54) is 13.0 Å². The standard InChI is InChI=1S/C27H26Cl2FNO3/c1-19(32)31-15-14-27(22-10-12-23(28)13-11-22,34-17-20-6-3-2-4-7-20)25(16-31)33-18-21-8-5-9-24(29)26(21)30/h2-13,25H,14-18H2,1H3/t25-,27+/m0/s1. The summed E-state index contributed by atoms with van der Waals surface area (Å²) in [5, 5.41) is 0.654. The van der Waals surface area contributed by atoms with Gasteiger partial charge < -0.3 is 14.4 Å². The van der Waals surface area contributed by atoms with Crippen LogP contribution in [0.25, 0.3) is 0 Å². The summed E-state index contributed by atoms with van der Waals surface area (Å²) in [5.41, 5.74) is 1.40. The molecule has 0 radical (unpaired) electrons. The zero-order valence-electron chi connectivity index (χ0n) is 18.8. The van der Waals surface area contributed by atoms with Gasteiger partial charge in [-0.25, -0.2) is 4.39 Å². The molecule has 0 bridgehead atoms. The Kier molecular flexibility index (Phi) is 7.89. The molecule has 0 N–H and O–H groups in total. The fraction of sp³-hybridized carbons (Fsp3) is 0.296. The number of carbonyl (C=O) groups excluding carboxylic acids is 1. The van der Waals surface area contributed by atoms with E-state index in [1.807, 2.05) is 54.6 Å². The summed E-state index contributed by atoms with van der Waals surface area (Å²) in [7, 11) is 0. The van der Waals surface area contributed by atoms with Crippen molar-refractivity contribution < 1.29 is 18.7 Å². The molecule has 34 heavy (non-hydrogen) atoms. The van der Waals surface area contributed by atoms with Crippen molar-refractivity contribution in [3.63, 3.8) is 0 Å². The van der Waals surface area contributed by atoms with E-state index >= 15 is 0 Å². The molecule has 1 fully saturated rings. The quantitative estimate of drug-likeness (QED) is 0.376. The minimum Gasteiger partial charge on any atom is -0.368 e. The van der Waals surface area contributed by atoms with Gasteiger partial charge in [0.15, 0.2) is 0 Å². The van der Waals surface area contributed by atoms with Crippen molar-refractivity contribution in [2.75, 3.05) is 13.1 Å². The molecule has 1 aliphatic rings. The van der Waals surface area contributed by atoms with E-state index in [9.17, 15) is 9.18 Å². The minimum atomic E-state index is -0.860. The molecule has 3 aromatic carbocycles. The fourth-order valence-corrected chi connectivity index (χ4v) is 4.64. The Morgan fingerprint density at radius 2 is 1.76 bits per heavy atom. The third-order valence-corrected chi connectivity index (χ3v) is 6.79. The molecule has 0 saturated carbocycles. The van der Waals surface area contributed by atoms with E-state index in [0.29, 0.717) is 36.7 Å². The Morgan fingerprint density at radius 3 is 2.47 bits per heavy atom. The number of benzene rings is 3. The van der Waals surface area contributed by atoms with Crippen LogP contribution < -0.4 is 0 Å². The average Bonchev–Trinajstić information content (AvgIpc) is 2.85. The monoisotopic (exact) mass is 501 g/mol.